The molecule has 5 nitrogen and oxygen atoms in total. The van der Waals surface area contributed by atoms with Crippen LogP contribution in [0.2, 0.25) is 0 Å². The van der Waals surface area contributed by atoms with E-state index in [1.807, 2.05) is 31.2 Å². The number of pyridine rings is 1. The molecule has 1 aliphatic rings. The Kier molecular flexibility index (Phi) is 5.65. The Balaban J connectivity index is 1.85. The van der Waals surface area contributed by atoms with Crippen molar-refractivity contribution in [2.75, 3.05) is 13.7 Å². The van der Waals surface area contributed by atoms with E-state index in [0.29, 0.717) is 18.5 Å². The monoisotopic (exact) mass is 392 g/mol. The molecular weight excluding hydrogens is 372 g/mol. The first-order valence-electron chi connectivity index (χ1n) is 8.38. The van der Waals surface area contributed by atoms with Gasteiger partial charge >= 0.3 is 0 Å². The summed E-state index contributed by atoms with van der Waals surface area (Å²) in [6.07, 6.45) is 7.78. The quantitative estimate of drug-likeness (QED) is 0.804. The molecule has 0 saturated carbocycles. The van der Waals surface area contributed by atoms with Crippen LogP contribution >= 0.6 is 11.6 Å². The van der Waals surface area contributed by atoms with E-state index in [0.717, 1.165) is 28.8 Å². The fourth-order valence-electron chi connectivity index (χ4n) is 3.04. The van der Waals surface area contributed by atoms with Crippen molar-refractivity contribution in [2.24, 2.45) is 0 Å². The van der Waals surface area contributed by atoms with Crippen molar-refractivity contribution >= 4 is 32.5 Å². The van der Waals surface area contributed by atoms with Crippen LogP contribution in [0.5, 0.6) is 5.75 Å². The second-order valence-corrected chi connectivity index (χ2v) is 8.43. The van der Waals surface area contributed by atoms with Gasteiger partial charge in [0.2, 0.25) is 10.0 Å². The second-order valence-electron chi connectivity index (χ2n) is 6.21. The van der Waals surface area contributed by atoms with Gasteiger partial charge in [0.05, 0.1) is 7.11 Å². The predicted octanol–water partition coefficient (Wildman–Crippen LogP) is 4.06. The first-order chi connectivity index (χ1) is 12.4. The maximum atomic E-state index is 12.8. The van der Waals surface area contributed by atoms with Crippen molar-refractivity contribution in [3.8, 4) is 5.75 Å². The summed E-state index contributed by atoms with van der Waals surface area (Å²) in [4.78, 5) is 4.42. The maximum absolute atomic E-state index is 12.8. The first kappa shape index (κ1) is 18.9. The van der Waals surface area contributed by atoms with Gasteiger partial charge in [-0.1, -0.05) is 29.3 Å². The Hall–Kier alpha value is -1.89. The number of rotatable bonds is 6. The zero-order chi connectivity index (χ0) is 18.7. The molecule has 1 aliphatic carbocycles. The summed E-state index contributed by atoms with van der Waals surface area (Å²) in [5.41, 5.74) is 2.56. The Morgan fingerprint density at radius 2 is 2.12 bits per heavy atom. The molecule has 0 amide bonds. The molecule has 1 aromatic carbocycles. The number of benzene rings is 1. The fourth-order valence-corrected chi connectivity index (χ4v) is 4.48. The van der Waals surface area contributed by atoms with Crippen molar-refractivity contribution in [3.63, 3.8) is 0 Å². The molecule has 0 spiro atoms. The smallest absolute Gasteiger partial charge is 0.244 e. The third-order valence-corrected chi connectivity index (χ3v) is 6.22. The number of nitrogens with one attached hydrogen (secondary N) is 1. The van der Waals surface area contributed by atoms with Crippen molar-refractivity contribution in [1.82, 2.24) is 9.71 Å². The Labute approximate surface area is 158 Å². The van der Waals surface area contributed by atoms with Crippen molar-refractivity contribution in [1.29, 1.82) is 0 Å². The number of nitrogens with zero attached hydrogens (tertiary/aromatic N) is 1. The number of aromatic nitrogens is 1. The van der Waals surface area contributed by atoms with Gasteiger partial charge in [0, 0.05) is 23.2 Å². The van der Waals surface area contributed by atoms with E-state index in [2.05, 4.69) is 9.71 Å². The van der Waals surface area contributed by atoms with E-state index in [1.165, 1.54) is 12.7 Å². The Morgan fingerprint density at radius 3 is 2.81 bits per heavy atom. The van der Waals surface area contributed by atoms with Crippen molar-refractivity contribution in [2.45, 2.75) is 31.1 Å². The SMILES string of the molecule is COc1c(S(=O)(=O)NCCC2=CC=C(Cl)CC2)cc(C)c2cccnc12. The molecule has 1 aromatic heterocycles. The van der Waals surface area contributed by atoms with Crippen LogP contribution in [-0.2, 0) is 10.0 Å². The van der Waals surface area contributed by atoms with Gasteiger partial charge in [-0.2, -0.15) is 0 Å². The summed E-state index contributed by atoms with van der Waals surface area (Å²) in [6, 6.07) is 5.35. The van der Waals surface area contributed by atoms with Crippen LogP contribution in [-0.4, -0.2) is 27.1 Å². The molecule has 0 atom stereocenters. The van der Waals surface area contributed by atoms with Crippen molar-refractivity contribution in [3.05, 3.63) is 52.7 Å². The molecule has 0 fully saturated rings. The fraction of sp³-hybridized carbons (Fsp3) is 0.316. The molecule has 1 heterocycles. The molecule has 1 N–H and O–H groups in total. The van der Waals surface area contributed by atoms with Gasteiger partial charge in [-0.3, -0.25) is 4.98 Å². The number of fused-ring (bicyclic) bond motifs is 1. The van der Waals surface area contributed by atoms with Crippen LogP contribution in [0.25, 0.3) is 10.9 Å². The number of ether oxygens (including phenoxy) is 1. The lowest BCUT2D eigenvalue weighted by Crippen LogP contribution is -2.26. The number of aryl methyl sites for hydroxylation is 1. The first-order valence-corrected chi connectivity index (χ1v) is 10.2. The van der Waals surface area contributed by atoms with Gasteiger partial charge in [-0.15, -0.1) is 0 Å². The second kappa shape index (κ2) is 7.78. The number of halogens is 1. The van der Waals surface area contributed by atoms with E-state index >= 15 is 0 Å². The summed E-state index contributed by atoms with van der Waals surface area (Å²) in [5, 5.41) is 1.71. The lowest BCUT2D eigenvalue weighted by Gasteiger charge is -2.15. The highest BCUT2D eigenvalue weighted by atomic mass is 35.5. The molecule has 0 aliphatic heterocycles. The van der Waals surface area contributed by atoms with Gasteiger partial charge < -0.3 is 4.74 Å². The van der Waals surface area contributed by atoms with Crippen LogP contribution < -0.4 is 9.46 Å². The van der Waals surface area contributed by atoms with Crippen LogP contribution in [0.1, 0.15) is 24.8 Å². The van der Waals surface area contributed by atoms with Gasteiger partial charge in [-0.05, 0) is 50.0 Å². The highest BCUT2D eigenvalue weighted by Gasteiger charge is 2.23. The molecule has 0 unspecified atom stereocenters. The molecule has 26 heavy (non-hydrogen) atoms. The molecule has 2 aromatic rings. The summed E-state index contributed by atoms with van der Waals surface area (Å²) >= 11 is 5.95. The van der Waals surface area contributed by atoms with E-state index in [9.17, 15) is 8.42 Å². The molecule has 0 radical (unpaired) electrons. The molecule has 0 saturated heterocycles. The van der Waals surface area contributed by atoms with Gasteiger partial charge in [-0.25, -0.2) is 13.1 Å². The third kappa shape index (κ3) is 3.92. The van der Waals surface area contributed by atoms with Gasteiger partial charge in [0.25, 0.3) is 0 Å². The Bertz CT molecular complexity index is 997. The summed E-state index contributed by atoms with van der Waals surface area (Å²) < 4.78 is 33.7. The summed E-state index contributed by atoms with van der Waals surface area (Å²) in [7, 11) is -2.25. The van der Waals surface area contributed by atoms with Gasteiger partial charge in [0.15, 0.2) is 5.75 Å². The van der Waals surface area contributed by atoms with Crippen molar-refractivity contribution < 1.29 is 13.2 Å². The predicted molar refractivity (Wildman–Crippen MR) is 104 cm³/mol. The van der Waals surface area contributed by atoms with E-state index in [-0.39, 0.29) is 10.6 Å². The summed E-state index contributed by atoms with van der Waals surface area (Å²) in [6.45, 7) is 2.19. The van der Waals surface area contributed by atoms with Gasteiger partial charge in [0.1, 0.15) is 10.4 Å². The Morgan fingerprint density at radius 1 is 1.31 bits per heavy atom. The van der Waals surface area contributed by atoms with Crippen LogP contribution in [0, 0.1) is 6.92 Å². The average molecular weight is 393 g/mol. The lowest BCUT2D eigenvalue weighted by molar-refractivity contribution is 0.406. The topological polar surface area (TPSA) is 68.3 Å². The molecule has 138 valence electrons. The van der Waals surface area contributed by atoms with Crippen LogP contribution in [0.15, 0.2) is 52.0 Å². The maximum Gasteiger partial charge on any atom is 0.244 e. The zero-order valence-electron chi connectivity index (χ0n) is 14.8. The van der Waals surface area contributed by atoms with Crippen LogP contribution in [0.4, 0.5) is 0 Å². The standard InChI is InChI=1S/C19H21ClN2O3S/c1-13-12-17(19(25-2)18-16(13)4-3-10-21-18)26(23,24)22-11-9-14-5-7-15(20)8-6-14/h3-5,7,10,12,22H,6,8-9,11H2,1-2H3. The molecular formula is C19H21ClN2O3S. The normalized spacial score (nSPS) is 14.9. The number of hydrogen-bond acceptors (Lipinski definition) is 4. The number of sulfonamides is 1. The highest BCUT2D eigenvalue weighted by Crippen LogP contribution is 2.33. The van der Waals surface area contributed by atoms with E-state index < -0.39 is 10.0 Å². The molecule has 7 heteroatoms. The average Bonchev–Trinajstić information content (AvgIpc) is 2.63. The minimum Gasteiger partial charge on any atom is -0.493 e. The minimum atomic E-state index is -3.71. The molecule has 0 bridgehead atoms. The van der Waals surface area contributed by atoms with E-state index in [1.54, 1.807) is 12.3 Å². The lowest BCUT2D eigenvalue weighted by atomic mass is 10.0. The summed E-state index contributed by atoms with van der Waals surface area (Å²) in [5.74, 6) is 0.269. The minimum absolute atomic E-state index is 0.115. The largest absolute Gasteiger partial charge is 0.493 e. The van der Waals surface area contributed by atoms with E-state index in [4.69, 9.17) is 16.3 Å². The third-order valence-electron chi connectivity index (χ3n) is 4.44. The highest BCUT2D eigenvalue weighted by molar-refractivity contribution is 7.89. The number of methoxy groups -OCH3 is 1. The molecule has 3 rings (SSSR count). The number of hydrogen-bond donors (Lipinski definition) is 1. The van der Waals surface area contributed by atoms with Crippen LogP contribution in [0.3, 0.4) is 0 Å². The zero-order valence-corrected chi connectivity index (χ0v) is 16.3. The number of allylic oxidation sites excluding steroid dienone is 3.